The van der Waals surface area contributed by atoms with Crippen LogP contribution in [0.25, 0.3) is 4.85 Å². The van der Waals surface area contributed by atoms with Crippen LogP contribution in [-0.4, -0.2) is 0 Å². The van der Waals surface area contributed by atoms with Crippen LogP contribution in [0.2, 0.25) is 0 Å². The molecule has 1 nitrogen and oxygen atoms in total. The van der Waals surface area contributed by atoms with E-state index < -0.39 is 0 Å². The molecule has 0 unspecified atom stereocenters. The second kappa shape index (κ2) is 11.7. The quantitative estimate of drug-likeness (QED) is 0.524. The van der Waals surface area contributed by atoms with Crippen LogP contribution in [0.3, 0.4) is 0 Å². The summed E-state index contributed by atoms with van der Waals surface area (Å²) in [7, 11) is 0. The van der Waals surface area contributed by atoms with E-state index >= 15 is 0 Å². The van der Waals surface area contributed by atoms with Crippen LogP contribution in [0.15, 0.2) is 48.5 Å². The fourth-order valence-electron chi connectivity index (χ4n) is 1.71. The van der Waals surface area contributed by atoms with Gasteiger partial charge >= 0.3 is 0 Å². The molecule has 0 aliphatic carbocycles. The first kappa shape index (κ1) is 18.9. The van der Waals surface area contributed by atoms with E-state index in [-0.39, 0.29) is 0 Å². The van der Waals surface area contributed by atoms with Crippen molar-refractivity contribution in [2.45, 2.75) is 47.5 Å². The van der Waals surface area contributed by atoms with Crippen molar-refractivity contribution in [2.75, 3.05) is 0 Å². The van der Waals surface area contributed by atoms with Crippen molar-refractivity contribution in [2.24, 2.45) is 0 Å². The van der Waals surface area contributed by atoms with Crippen LogP contribution >= 0.6 is 0 Å². The minimum Gasteiger partial charge on any atom is -0.238 e. The standard InChI is InChI=1S/C10H11N.C7H8.C3H8/c1-4-9-6-5-7-10(11-3)8(9)2;1-7-5-3-2-4-6-7;1-3-2/h5-7H,4H2,1-2H3;2-6H,1H3;3H2,1-2H3. The number of nitrogens with zero attached hydrogens (tertiary/aromatic N) is 1. The molecule has 2 aromatic rings. The van der Waals surface area contributed by atoms with E-state index in [1.165, 1.54) is 17.5 Å². The van der Waals surface area contributed by atoms with Crippen LogP contribution in [0.4, 0.5) is 5.69 Å². The summed E-state index contributed by atoms with van der Waals surface area (Å²) in [6, 6.07) is 16.1. The molecule has 0 N–H and O–H groups in total. The van der Waals surface area contributed by atoms with Crippen molar-refractivity contribution in [3.05, 3.63) is 76.6 Å². The lowest BCUT2D eigenvalue weighted by Gasteiger charge is -2.02. The van der Waals surface area contributed by atoms with Gasteiger partial charge in [0, 0.05) is 0 Å². The topological polar surface area (TPSA) is 4.36 Å². The highest BCUT2D eigenvalue weighted by Crippen LogP contribution is 2.21. The third-order valence-electron chi connectivity index (χ3n) is 2.86. The van der Waals surface area contributed by atoms with Crippen LogP contribution in [0, 0.1) is 20.4 Å². The predicted molar refractivity (Wildman–Crippen MR) is 94.0 cm³/mol. The second-order valence-corrected chi connectivity index (χ2v) is 4.89. The largest absolute Gasteiger partial charge is 0.238 e. The molecule has 0 amide bonds. The maximum Gasteiger partial charge on any atom is 0.190 e. The Bertz CT molecular complexity index is 536. The molecule has 2 rings (SSSR count). The van der Waals surface area contributed by atoms with E-state index in [1.807, 2.05) is 37.3 Å². The summed E-state index contributed by atoms with van der Waals surface area (Å²) in [6.07, 6.45) is 2.26. The number of hydrogen-bond donors (Lipinski definition) is 0. The van der Waals surface area contributed by atoms with E-state index in [1.54, 1.807) is 0 Å². The van der Waals surface area contributed by atoms with Gasteiger partial charge in [0.05, 0.1) is 6.57 Å². The first-order valence-electron chi connectivity index (χ1n) is 7.58. The number of rotatable bonds is 1. The highest BCUT2D eigenvalue weighted by molar-refractivity contribution is 5.54. The van der Waals surface area contributed by atoms with Gasteiger partial charge in [-0.25, -0.2) is 4.85 Å². The van der Waals surface area contributed by atoms with E-state index in [9.17, 15) is 0 Å². The Morgan fingerprint density at radius 2 is 1.43 bits per heavy atom. The Morgan fingerprint density at radius 1 is 0.857 bits per heavy atom. The molecular formula is C20H27N. The van der Waals surface area contributed by atoms with E-state index in [0.29, 0.717) is 0 Å². The minimum absolute atomic E-state index is 0.782. The summed E-state index contributed by atoms with van der Waals surface area (Å²) in [5.41, 5.74) is 4.51. The van der Waals surface area contributed by atoms with Gasteiger partial charge in [-0.05, 0) is 25.8 Å². The Kier molecular flexibility index (Phi) is 10.6. The molecule has 0 aliphatic heterocycles. The molecule has 0 saturated carbocycles. The normalized spacial score (nSPS) is 8.57. The molecule has 0 atom stereocenters. The SMILES string of the molecule is CCC.Cc1ccccc1.[C-]#[N+]c1cccc(CC)c1C. The monoisotopic (exact) mass is 281 g/mol. The summed E-state index contributed by atoms with van der Waals surface area (Å²) in [5.74, 6) is 0. The van der Waals surface area contributed by atoms with Gasteiger partial charge in [-0.2, -0.15) is 0 Å². The first-order valence-corrected chi connectivity index (χ1v) is 7.58. The first-order chi connectivity index (χ1) is 10.1. The maximum absolute atomic E-state index is 6.88. The predicted octanol–water partition coefficient (Wildman–Crippen LogP) is 6.52. The van der Waals surface area contributed by atoms with Gasteiger partial charge in [-0.15, -0.1) is 0 Å². The van der Waals surface area contributed by atoms with Gasteiger partial charge in [0.1, 0.15) is 0 Å². The van der Waals surface area contributed by atoms with Gasteiger partial charge in [0.15, 0.2) is 5.69 Å². The molecule has 0 spiro atoms. The summed E-state index contributed by atoms with van der Waals surface area (Å²) >= 11 is 0. The molecule has 0 aromatic heterocycles. The van der Waals surface area contributed by atoms with Crippen molar-refractivity contribution in [1.29, 1.82) is 0 Å². The van der Waals surface area contributed by atoms with E-state index in [2.05, 4.69) is 50.7 Å². The van der Waals surface area contributed by atoms with Crippen LogP contribution in [0.5, 0.6) is 0 Å². The fourth-order valence-corrected chi connectivity index (χ4v) is 1.71. The highest BCUT2D eigenvalue weighted by atomic mass is 14.6. The average molecular weight is 281 g/mol. The number of benzene rings is 2. The fraction of sp³-hybridized carbons (Fsp3) is 0.350. The Balaban J connectivity index is 0.000000342. The van der Waals surface area contributed by atoms with Gasteiger partial charge < -0.3 is 0 Å². The third kappa shape index (κ3) is 7.95. The molecule has 0 fully saturated rings. The smallest absolute Gasteiger partial charge is 0.190 e. The molecule has 112 valence electrons. The Hall–Kier alpha value is -2.07. The van der Waals surface area contributed by atoms with Gasteiger partial charge in [0.25, 0.3) is 0 Å². The zero-order valence-corrected chi connectivity index (χ0v) is 14.0. The Labute approximate surface area is 130 Å². The maximum atomic E-state index is 6.88. The lowest BCUT2D eigenvalue weighted by atomic mass is 10.1. The average Bonchev–Trinajstić information content (AvgIpc) is 2.50. The zero-order valence-electron chi connectivity index (χ0n) is 14.0. The molecule has 0 radical (unpaired) electrons. The molecule has 0 aliphatic rings. The zero-order chi connectivity index (χ0) is 16.1. The molecule has 2 aromatic carbocycles. The number of aryl methyl sites for hydroxylation is 2. The summed E-state index contributed by atoms with van der Waals surface area (Å²) in [5, 5.41) is 0. The molecular weight excluding hydrogens is 254 g/mol. The van der Waals surface area contributed by atoms with Crippen molar-refractivity contribution >= 4 is 5.69 Å². The lowest BCUT2D eigenvalue weighted by Crippen LogP contribution is -1.84. The summed E-state index contributed by atoms with van der Waals surface area (Å²) < 4.78 is 0. The van der Waals surface area contributed by atoms with E-state index in [4.69, 9.17) is 6.57 Å². The minimum atomic E-state index is 0.782. The van der Waals surface area contributed by atoms with Crippen LogP contribution in [0.1, 0.15) is 43.9 Å². The molecule has 0 saturated heterocycles. The van der Waals surface area contributed by atoms with Gasteiger partial charge in [0.2, 0.25) is 0 Å². The molecule has 1 heteroatoms. The number of hydrogen-bond acceptors (Lipinski definition) is 0. The third-order valence-corrected chi connectivity index (χ3v) is 2.86. The van der Waals surface area contributed by atoms with E-state index in [0.717, 1.165) is 17.7 Å². The lowest BCUT2D eigenvalue weighted by molar-refractivity contribution is 1.09. The van der Waals surface area contributed by atoms with Crippen molar-refractivity contribution < 1.29 is 0 Å². The van der Waals surface area contributed by atoms with Crippen molar-refractivity contribution in [3.63, 3.8) is 0 Å². The van der Waals surface area contributed by atoms with Crippen molar-refractivity contribution in [1.82, 2.24) is 0 Å². The van der Waals surface area contributed by atoms with Crippen LogP contribution in [-0.2, 0) is 6.42 Å². The van der Waals surface area contributed by atoms with Crippen LogP contribution < -0.4 is 0 Å². The summed E-state index contributed by atoms with van der Waals surface area (Å²) in [6.45, 7) is 17.3. The van der Waals surface area contributed by atoms with Gasteiger partial charge in [-0.1, -0.05) is 86.8 Å². The second-order valence-electron chi connectivity index (χ2n) is 4.89. The van der Waals surface area contributed by atoms with Gasteiger partial charge in [-0.3, -0.25) is 0 Å². The molecule has 0 bridgehead atoms. The molecule has 21 heavy (non-hydrogen) atoms. The van der Waals surface area contributed by atoms with Crippen molar-refractivity contribution in [3.8, 4) is 0 Å². The summed E-state index contributed by atoms with van der Waals surface area (Å²) in [4.78, 5) is 3.43. The Morgan fingerprint density at radius 3 is 1.81 bits per heavy atom. The molecule has 0 heterocycles. The highest BCUT2D eigenvalue weighted by Gasteiger charge is 1.99.